The van der Waals surface area contributed by atoms with Gasteiger partial charge in [-0.1, -0.05) is 18.2 Å². The number of carbonyl (C=O) groups is 1. The number of benzene rings is 1. The van der Waals surface area contributed by atoms with Crippen LogP contribution in [0.15, 0.2) is 24.3 Å². The van der Waals surface area contributed by atoms with E-state index in [0.29, 0.717) is 0 Å². The smallest absolute Gasteiger partial charge is 0.218 e. The van der Waals surface area contributed by atoms with Gasteiger partial charge in [0.25, 0.3) is 0 Å². The summed E-state index contributed by atoms with van der Waals surface area (Å²) in [4.78, 5) is 10.6. The molecule has 0 bridgehead atoms. The second kappa shape index (κ2) is 6.32. The molecule has 0 aliphatic rings. The van der Waals surface area contributed by atoms with Gasteiger partial charge < -0.3 is 16.2 Å². The highest BCUT2D eigenvalue weighted by Gasteiger charge is 2.13. The van der Waals surface area contributed by atoms with E-state index in [1.54, 1.807) is 19.1 Å². The van der Waals surface area contributed by atoms with Crippen molar-refractivity contribution in [2.45, 2.75) is 25.5 Å². The summed E-state index contributed by atoms with van der Waals surface area (Å²) in [5, 5.41) is 12.7. The van der Waals surface area contributed by atoms with E-state index in [0.717, 1.165) is 0 Å². The minimum atomic E-state index is -0.938. The molecule has 2 atom stereocenters. The van der Waals surface area contributed by atoms with Crippen LogP contribution in [0.3, 0.4) is 0 Å². The molecule has 0 spiro atoms. The third kappa shape index (κ3) is 4.50. The molecule has 1 aromatic carbocycles. The Kier molecular flexibility index (Phi) is 5.06. The average molecular weight is 240 g/mol. The van der Waals surface area contributed by atoms with Crippen LogP contribution in [0, 0.1) is 5.82 Å². The van der Waals surface area contributed by atoms with E-state index in [1.165, 1.54) is 12.1 Å². The summed E-state index contributed by atoms with van der Waals surface area (Å²) in [6.45, 7) is 1.95. The first-order valence-electron chi connectivity index (χ1n) is 5.45. The number of aliphatic hydroxyl groups excluding tert-OH is 1. The summed E-state index contributed by atoms with van der Waals surface area (Å²) in [5.41, 5.74) is 5.28. The molecule has 17 heavy (non-hydrogen) atoms. The highest BCUT2D eigenvalue weighted by Crippen LogP contribution is 2.15. The van der Waals surface area contributed by atoms with Crippen LogP contribution in [0.4, 0.5) is 4.39 Å². The monoisotopic (exact) mass is 240 g/mol. The molecule has 0 saturated carbocycles. The third-order valence-electron chi connectivity index (χ3n) is 2.43. The van der Waals surface area contributed by atoms with Crippen molar-refractivity contribution >= 4 is 5.91 Å². The maximum absolute atomic E-state index is 13.3. The highest BCUT2D eigenvalue weighted by atomic mass is 19.1. The second-order valence-electron chi connectivity index (χ2n) is 4.02. The van der Waals surface area contributed by atoms with Crippen LogP contribution in [-0.2, 0) is 4.79 Å². The van der Waals surface area contributed by atoms with Crippen molar-refractivity contribution < 1.29 is 14.3 Å². The number of amides is 1. The molecule has 0 aliphatic heterocycles. The van der Waals surface area contributed by atoms with Gasteiger partial charge in [0, 0.05) is 24.6 Å². The zero-order valence-electron chi connectivity index (χ0n) is 9.69. The molecule has 0 heterocycles. The fourth-order valence-corrected chi connectivity index (χ4v) is 1.54. The molecule has 5 heteroatoms. The first-order chi connectivity index (χ1) is 8.00. The van der Waals surface area contributed by atoms with Gasteiger partial charge in [0.2, 0.25) is 5.91 Å². The number of rotatable bonds is 6. The van der Waals surface area contributed by atoms with Gasteiger partial charge in [0.1, 0.15) is 5.82 Å². The van der Waals surface area contributed by atoms with Crippen molar-refractivity contribution in [2.75, 3.05) is 6.54 Å². The van der Waals surface area contributed by atoms with Crippen LogP contribution in [0.5, 0.6) is 0 Å². The Morgan fingerprint density at radius 3 is 2.76 bits per heavy atom. The summed E-state index contributed by atoms with van der Waals surface area (Å²) in [7, 11) is 0. The lowest BCUT2D eigenvalue weighted by molar-refractivity contribution is -0.118. The van der Waals surface area contributed by atoms with Gasteiger partial charge in [0.05, 0.1) is 6.10 Å². The molecule has 0 fully saturated rings. The first kappa shape index (κ1) is 13.6. The molecule has 2 unspecified atom stereocenters. The average Bonchev–Trinajstić information content (AvgIpc) is 2.25. The van der Waals surface area contributed by atoms with Crippen molar-refractivity contribution in [1.82, 2.24) is 5.32 Å². The fourth-order valence-electron chi connectivity index (χ4n) is 1.54. The predicted molar refractivity (Wildman–Crippen MR) is 62.6 cm³/mol. The number of nitrogens with one attached hydrogen (secondary N) is 1. The van der Waals surface area contributed by atoms with E-state index >= 15 is 0 Å². The number of hydrogen-bond donors (Lipinski definition) is 3. The summed E-state index contributed by atoms with van der Waals surface area (Å²) >= 11 is 0. The fraction of sp³-hybridized carbons (Fsp3) is 0.417. The van der Waals surface area contributed by atoms with Crippen molar-refractivity contribution in [3.63, 3.8) is 0 Å². The number of carbonyl (C=O) groups excluding carboxylic acids is 1. The molecular weight excluding hydrogens is 223 g/mol. The Morgan fingerprint density at radius 2 is 2.18 bits per heavy atom. The van der Waals surface area contributed by atoms with Crippen molar-refractivity contribution in [3.8, 4) is 0 Å². The number of aliphatic hydroxyl groups is 1. The Bertz CT molecular complexity index is 385. The van der Waals surface area contributed by atoms with E-state index in [4.69, 9.17) is 5.73 Å². The van der Waals surface area contributed by atoms with Crippen LogP contribution in [0.1, 0.15) is 25.0 Å². The highest BCUT2D eigenvalue weighted by molar-refractivity contribution is 5.74. The SMILES string of the molecule is CC(CC(N)=O)NCC(O)c1ccccc1F. The summed E-state index contributed by atoms with van der Waals surface area (Å²) < 4.78 is 13.3. The molecule has 0 aromatic heterocycles. The quantitative estimate of drug-likeness (QED) is 0.685. The minimum Gasteiger partial charge on any atom is -0.387 e. The zero-order valence-corrected chi connectivity index (χ0v) is 9.69. The molecule has 94 valence electrons. The third-order valence-corrected chi connectivity index (χ3v) is 2.43. The van der Waals surface area contributed by atoms with E-state index < -0.39 is 17.8 Å². The normalized spacial score (nSPS) is 14.3. The zero-order chi connectivity index (χ0) is 12.8. The van der Waals surface area contributed by atoms with Crippen LogP contribution in [-0.4, -0.2) is 23.6 Å². The number of hydrogen-bond acceptors (Lipinski definition) is 3. The van der Waals surface area contributed by atoms with Gasteiger partial charge in [-0.3, -0.25) is 4.79 Å². The molecule has 4 N–H and O–H groups in total. The van der Waals surface area contributed by atoms with Crippen LogP contribution >= 0.6 is 0 Å². The molecule has 1 rings (SSSR count). The Balaban J connectivity index is 2.47. The lowest BCUT2D eigenvalue weighted by Crippen LogP contribution is -2.34. The molecular formula is C12H17FN2O2. The van der Waals surface area contributed by atoms with Gasteiger partial charge in [-0.2, -0.15) is 0 Å². The van der Waals surface area contributed by atoms with Gasteiger partial charge in [-0.05, 0) is 13.0 Å². The van der Waals surface area contributed by atoms with Crippen molar-refractivity contribution in [3.05, 3.63) is 35.6 Å². The molecule has 4 nitrogen and oxygen atoms in total. The molecule has 0 radical (unpaired) electrons. The topological polar surface area (TPSA) is 75.4 Å². The number of primary amides is 1. The van der Waals surface area contributed by atoms with E-state index in [9.17, 15) is 14.3 Å². The largest absolute Gasteiger partial charge is 0.387 e. The molecule has 1 amide bonds. The van der Waals surface area contributed by atoms with Crippen LogP contribution < -0.4 is 11.1 Å². The minimum absolute atomic E-state index is 0.145. The van der Waals surface area contributed by atoms with Crippen LogP contribution in [0.2, 0.25) is 0 Å². The Hall–Kier alpha value is -1.46. The van der Waals surface area contributed by atoms with Gasteiger partial charge >= 0.3 is 0 Å². The van der Waals surface area contributed by atoms with Gasteiger partial charge in [0.15, 0.2) is 0 Å². The van der Waals surface area contributed by atoms with E-state index in [2.05, 4.69) is 5.32 Å². The molecule has 0 saturated heterocycles. The van der Waals surface area contributed by atoms with E-state index in [-0.39, 0.29) is 24.6 Å². The van der Waals surface area contributed by atoms with Gasteiger partial charge in [-0.15, -0.1) is 0 Å². The molecule has 1 aromatic rings. The number of nitrogens with two attached hydrogens (primary N) is 1. The maximum atomic E-state index is 13.3. The summed E-state index contributed by atoms with van der Waals surface area (Å²) in [5.74, 6) is -0.852. The van der Waals surface area contributed by atoms with Crippen molar-refractivity contribution in [2.24, 2.45) is 5.73 Å². The summed E-state index contributed by atoms with van der Waals surface area (Å²) in [6.07, 6.45) is -0.754. The molecule has 0 aliphatic carbocycles. The van der Waals surface area contributed by atoms with E-state index in [1.807, 2.05) is 0 Å². The standard InChI is InChI=1S/C12H17FN2O2/c1-8(6-12(14)17)15-7-11(16)9-4-2-3-5-10(9)13/h2-5,8,11,15-16H,6-7H2,1H3,(H2,14,17). The lowest BCUT2D eigenvalue weighted by Gasteiger charge is -2.16. The van der Waals surface area contributed by atoms with Gasteiger partial charge in [-0.25, -0.2) is 4.39 Å². The first-order valence-corrected chi connectivity index (χ1v) is 5.45. The summed E-state index contributed by atoms with van der Waals surface area (Å²) in [6, 6.07) is 5.91. The Labute approximate surface area is 99.6 Å². The second-order valence-corrected chi connectivity index (χ2v) is 4.02. The van der Waals surface area contributed by atoms with Crippen LogP contribution in [0.25, 0.3) is 0 Å². The lowest BCUT2D eigenvalue weighted by atomic mass is 10.1. The maximum Gasteiger partial charge on any atom is 0.218 e. The predicted octanol–water partition coefficient (Wildman–Crippen LogP) is 0.713. The Morgan fingerprint density at radius 1 is 1.53 bits per heavy atom. The number of halogens is 1. The van der Waals surface area contributed by atoms with Crippen molar-refractivity contribution in [1.29, 1.82) is 0 Å².